The van der Waals surface area contributed by atoms with E-state index in [0.717, 1.165) is 36.8 Å². The van der Waals surface area contributed by atoms with Gasteiger partial charge in [0.1, 0.15) is 6.29 Å². The number of nitrogens with zero attached hydrogens (tertiary/aromatic N) is 5. The number of aromatic nitrogens is 3. The molecule has 0 aromatic carbocycles. The predicted octanol–water partition coefficient (Wildman–Crippen LogP) is 0.796. The van der Waals surface area contributed by atoms with Crippen molar-refractivity contribution >= 4 is 12.2 Å². The van der Waals surface area contributed by atoms with Gasteiger partial charge < -0.3 is 14.3 Å². The summed E-state index contributed by atoms with van der Waals surface area (Å²) in [5.41, 5.74) is 0. The second-order valence-electron chi connectivity index (χ2n) is 7.49. The summed E-state index contributed by atoms with van der Waals surface area (Å²) in [6.07, 6.45) is -1.71. The van der Waals surface area contributed by atoms with Crippen molar-refractivity contribution in [3.05, 3.63) is 11.6 Å². The molecule has 0 radical (unpaired) electrons. The molecule has 2 aliphatic heterocycles. The molecule has 1 aromatic rings. The van der Waals surface area contributed by atoms with Crippen molar-refractivity contribution in [2.75, 3.05) is 26.2 Å². The third-order valence-electron chi connectivity index (χ3n) is 5.77. The van der Waals surface area contributed by atoms with E-state index in [0.29, 0.717) is 11.8 Å². The highest BCUT2D eigenvalue weighted by molar-refractivity contribution is 5.78. The molecule has 3 aliphatic rings. The van der Waals surface area contributed by atoms with Gasteiger partial charge in [0, 0.05) is 32.1 Å². The van der Waals surface area contributed by atoms with Crippen molar-refractivity contribution in [3.63, 3.8) is 0 Å². The van der Waals surface area contributed by atoms with Gasteiger partial charge in [-0.3, -0.25) is 9.69 Å². The van der Waals surface area contributed by atoms with Crippen LogP contribution in [0.15, 0.2) is 0 Å². The van der Waals surface area contributed by atoms with Gasteiger partial charge in [-0.05, 0) is 24.7 Å². The van der Waals surface area contributed by atoms with E-state index in [1.54, 1.807) is 4.90 Å². The number of alkyl halides is 3. The number of rotatable bonds is 3. The molecule has 0 N–H and O–H groups in total. The van der Waals surface area contributed by atoms with E-state index in [9.17, 15) is 22.8 Å². The summed E-state index contributed by atoms with van der Waals surface area (Å²) in [6.45, 7) is 2.21. The number of hydrogen-bond acceptors (Lipinski definition) is 5. The van der Waals surface area contributed by atoms with E-state index in [2.05, 4.69) is 15.1 Å². The lowest BCUT2D eigenvalue weighted by Crippen LogP contribution is -2.44. The van der Waals surface area contributed by atoms with E-state index in [-0.39, 0.29) is 43.8 Å². The standard InChI is InChI=1S/C16H20F3N5O2/c17-16(18,19)15-21-20-13-7-23(1-2-24(13)15)14(26)8-22-5-11-3-10(9-25)4-12(11)6-22/h9-12H,1-8H2. The van der Waals surface area contributed by atoms with E-state index in [1.807, 2.05) is 0 Å². The zero-order valence-electron chi connectivity index (χ0n) is 14.2. The molecule has 2 unspecified atom stereocenters. The molecular weight excluding hydrogens is 351 g/mol. The second-order valence-corrected chi connectivity index (χ2v) is 7.49. The van der Waals surface area contributed by atoms with Gasteiger partial charge in [0.2, 0.25) is 11.7 Å². The zero-order chi connectivity index (χ0) is 18.5. The Kier molecular flexibility index (Phi) is 4.25. The molecule has 2 atom stereocenters. The number of likely N-dealkylation sites (tertiary alicyclic amines) is 1. The lowest BCUT2D eigenvalue weighted by molar-refractivity contribution is -0.148. The number of carbonyl (C=O) groups is 2. The summed E-state index contributed by atoms with van der Waals surface area (Å²) in [5.74, 6) is 0.160. The van der Waals surface area contributed by atoms with Crippen LogP contribution in [0.2, 0.25) is 0 Å². The van der Waals surface area contributed by atoms with E-state index in [1.165, 1.54) is 0 Å². The average molecular weight is 371 g/mol. The van der Waals surface area contributed by atoms with Crippen molar-refractivity contribution in [2.45, 2.75) is 32.1 Å². The third-order valence-corrected chi connectivity index (χ3v) is 5.77. The third kappa shape index (κ3) is 3.10. The molecule has 142 valence electrons. The van der Waals surface area contributed by atoms with E-state index in [4.69, 9.17) is 0 Å². The Morgan fingerprint density at radius 1 is 1.15 bits per heavy atom. The summed E-state index contributed by atoms with van der Waals surface area (Å²) >= 11 is 0. The monoisotopic (exact) mass is 371 g/mol. The number of fused-ring (bicyclic) bond motifs is 2. The molecule has 0 bridgehead atoms. The van der Waals surface area contributed by atoms with Crippen LogP contribution in [-0.2, 0) is 28.9 Å². The molecule has 1 saturated carbocycles. The lowest BCUT2D eigenvalue weighted by atomic mass is 10.0. The maximum Gasteiger partial charge on any atom is 0.451 e. The molecule has 26 heavy (non-hydrogen) atoms. The van der Waals surface area contributed by atoms with Crippen LogP contribution in [0.3, 0.4) is 0 Å². The maximum atomic E-state index is 12.9. The highest BCUT2D eigenvalue weighted by atomic mass is 19.4. The minimum Gasteiger partial charge on any atom is -0.332 e. The zero-order valence-corrected chi connectivity index (χ0v) is 14.2. The van der Waals surface area contributed by atoms with Crippen LogP contribution in [0.1, 0.15) is 24.5 Å². The first-order valence-electron chi connectivity index (χ1n) is 8.80. The van der Waals surface area contributed by atoms with E-state index >= 15 is 0 Å². The van der Waals surface area contributed by atoms with Gasteiger partial charge in [-0.1, -0.05) is 0 Å². The van der Waals surface area contributed by atoms with Crippen LogP contribution < -0.4 is 0 Å². The van der Waals surface area contributed by atoms with Gasteiger partial charge in [-0.25, -0.2) is 0 Å². The van der Waals surface area contributed by atoms with Gasteiger partial charge in [-0.15, -0.1) is 10.2 Å². The molecule has 10 heteroatoms. The highest BCUT2D eigenvalue weighted by Gasteiger charge is 2.42. The van der Waals surface area contributed by atoms with Crippen LogP contribution in [0.25, 0.3) is 0 Å². The van der Waals surface area contributed by atoms with Crippen LogP contribution in [0, 0.1) is 17.8 Å². The highest BCUT2D eigenvalue weighted by Crippen LogP contribution is 2.40. The first-order chi connectivity index (χ1) is 12.3. The minimum atomic E-state index is -4.54. The van der Waals surface area contributed by atoms with Gasteiger partial charge in [0.05, 0.1) is 13.1 Å². The molecule has 1 saturated heterocycles. The number of carbonyl (C=O) groups excluding carboxylic acids is 2. The van der Waals surface area contributed by atoms with Gasteiger partial charge in [-0.2, -0.15) is 13.2 Å². The topological polar surface area (TPSA) is 71.3 Å². The van der Waals surface area contributed by atoms with Crippen molar-refractivity contribution in [3.8, 4) is 0 Å². The summed E-state index contributed by atoms with van der Waals surface area (Å²) in [4.78, 5) is 27.1. The minimum absolute atomic E-state index is 0.0508. The molecule has 0 spiro atoms. The van der Waals surface area contributed by atoms with Crippen LogP contribution >= 0.6 is 0 Å². The number of hydrogen-bond donors (Lipinski definition) is 0. The Bertz CT molecular complexity index is 705. The van der Waals surface area contributed by atoms with Crippen molar-refractivity contribution in [1.82, 2.24) is 24.6 Å². The average Bonchev–Trinajstić information content (AvgIpc) is 3.25. The fourth-order valence-electron chi connectivity index (χ4n) is 4.56. The van der Waals surface area contributed by atoms with Crippen molar-refractivity contribution in [2.24, 2.45) is 17.8 Å². The fraction of sp³-hybridized carbons (Fsp3) is 0.750. The Morgan fingerprint density at radius 3 is 2.46 bits per heavy atom. The smallest absolute Gasteiger partial charge is 0.332 e. The van der Waals surface area contributed by atoms with E-state index < -0.39 is 12.0 Å². The van der Waals surface area contributed by atoms with Crippen LogP contribution in [-0.4, -0.2) is 62.9 Å². The first kappa shape index (κ1) is 17.4. The largest absolute Gasteiger partial charge is 0.451 e. The molecular formula is C16H20F3N5O2. The number of halogens is 3. The van der Waals surface area contributed by atoms with Gasteiger partial charge >= 0.3 is 6.18 Å². The Hall–Kier alpha value is -1.97. The molecule has 2 fully saturated rings. The molecule has 1 aromatic heterocycles. The quantitative estimate of drug-likeness (QED) is 0.735. The van der Waals surface area contributed by atoms with Crippen molar-refractivity contribution in [1.29, 1.82) is 0 Å². The molecule has 7 nitrogen and oxygen atoms in total. The van der Waals surface area contributed by atoms with Crippen LogP contribution in [0.5, 0.6) is 0 Å². The van der Waals surface area contributed by atoms with Crippen LogP contribution in [0.4, 0.5) is 13.2 Å². The van der Waals surface area contributed by atoms with Gasteiger partial charge in [0.15, 0.2) is 5.82 Å². The molecule has 3 heterocycles. The van der Waals surface area contributed by atoms with Crippen molar-refractivity contribution < 1.29 is 22.8 Å². The number of amides is 1. The first-order valence-corrected chi connectivity index (χ1v) is 8.80. The summed E-state index contributed by atoms with van der Waals surface area (Å²) in [7, 11) is 0. The fourth-order valence-corrected chi connectivity index (χ4v) is 4.56. The lowest BCUT2D eigenvalue weighted by Gasteiger charge is -2.29. The Labute approximate surface area is 148 Å². The molecule has 4 rings (SSSR count). The normalized spacial score (nSPS) is 28.9. The number of aldehydes is 1. The Morgan fingerprint density at radius 2 is 1.85 bits per heavy atom. The second kappa shape index (κ2) is 6.33. The summed E-state index contributed by atoms with van der Waals surface area (Å²) in [6, 6.07) is 0. The Balaban J connectivity index is 1.34. The molecule has 1 aliphatic carbocycles. The summed E-state index contributed by atoms with van der Waals surface area (Å²) < 4.78 is 39.7. The SMILES string of the molecule is O=CC1CC2CN(CC(=O)N3CCn4c(nnc4C(F)(F)F)C3)CC2C1. The summed E-state index contributed by atoms with van der Waals surface area (Å²) in [5, 5.41) is 6.84. The predicted molar refractivity (Wildman–Crippen MR) is 82.6 cm³/mol. The van der Waals surface area contributed by atoms with Gasteiger partial charge in [0.25, 0.3) is 0 Å². The maximum absolute atomic E-state index is 12.9. The molecule has 1 amide bonds.